The first-order valence-electron chi connectivity index (χ1n) is 7.45. The predicted octanol–water partition coefficient (Wildman–Crippen LogP) is 2.13. The van der Waals surface area contributed by atoms with E-state index in [0.29, 0.717) is 12.4 Å². The zero-order valence-corrected chi connectivity index (χ0v) is 13.6. The van der Waals surface area contributed by atoms with Gasteiger partial charge in [0.25, 0.3) is 0 Å². The van der Waals surface area contributed by atoms with Crippen molar-refractivity contribution in [1.29, 1.82) is 0 Å². The van der Waals surface area contributed by atoms with Crippen LogP contribution in [0.2, 0.25) is 5.02 Å². The van der Waals surface area contributed by atoms with Crippen LogP contribution < -0.4 is 5.32 Å². The summed E-state index contributed by atoms with van der Waals surface area (Å²) >= 11 is 5.72. The van der Waals surface area contributed by atoms with E-state index in [-0.39, 0.29) is 16.8 Å². The Bertz CT molecular complexity index is 717. The minimum absolute atomic E-state index is 0.0106. The maximum Gasteiger partial charge on any atom is 0.418 e. The lowest BCUT2D eigenvalue weighted by atomic mass is 10.1. The fourth-order valence-electron chi connectivity index (χ4n) is 2.71. The molecule has 0 amide bonds. The molecule has 1 saturated heterocycles. The lowest BCUT2D eigenvalue weighted by Crippen LogP contribution is -2.49. The van der Waals surface area contributed by atoms with Crippen LogP contribution in [0.3, 0.4) is 0 Å². The van der Waals surface area contributed by atoms with Gasteiger partial charge in [-0.25, -0.2) is 0 Å². The van der Waals surface area contributed by atoms with Gasteiger partial charge in [-0.1, -0.05) is 11.6 Å². The summed E-state index contributed by atoms with van der Waals surface area (Å²) in [5.74, 6) is 0.358. The fraction of sp³-hybridized carbons (Fsp3) is 0.500. The van der Waals surface area contributed by atoms with Crippen LogP contribution in [0.15, 0.2) is 18.2 Å². The molecule has 0 bridgehead atoms. The summed E-state index contributed by atoms with van der Waals surface area (Å²) in [7, 11) is 0. The molecule has 1 aromatic heterocycles. The molecule has 6 nitrogen and oxygen atoms in total. The molecule has 1 aliphatic rings. The van der Waals surface area contributed by atoms with Crippen molar-refractivity contribution >= 4 is 11.6 Å². The molecule has 24 heavy (non-hydrogen) atoms. The van der Waals surface area contributed by atoms with E-state index >= 15 is 0 Å². The maximum absolute atomic E-state index is 13.3. The number of hydrogen-bond donors (Lipinski definition) is 1. The zero-order chi connectivity index (χ0) is 17.3. The number of rotatable bonds is 3. The molecule has 0 aliphatic carbocycles. The van der Waals surface area contributed by atoms with Gasteiger partial charge in [0, 0.05) is 30.7 Å². The number of piperazine rings is 1. The van der Waals surface area contributed by atoms with Gasteiger partial charge in [0.15, 0.2) is 5.82 Å². The second-order valence-corrected chi connectivity index (χ2v) is 6.13. The third-order valence-corrected chi connectivity index (χ3v) is 4.24. The third kappa shape index (κ3) is 3.52. The number of nitrogens with one attached hydrogen (secondary N) is 1. The van der Waals surface area contributed by atoms with E-state index in [2.05, 4.69) is 25.7 Å². The van der Waals surface area contributed by atoms with Crippen molar-refractivity contribution in [3.05, 3.63) is 34.6 Å². The molecule has 1 N–H and O–H groups in total. The minimum Gasteiger partial charge on any atom is -0.314 e. The summed E-state index contributed by atoms with van der Waals surface area (Å²) in [6.45, 7) is 4.83. The third-order valence-electron chi connectivity index (χ3n) is 4.01. The number of benzene rings is 1. The standard InChI is InChI=1S/C14H16ClF3N6/c1-9-7-19-4-5-23(9)8-13-20-21-22-24(13)12-3-2-10(15)6-11(12)14(16,17)18/h2-3,6,9,19H,4-5,7-8H2,1H3/t9-/m1/s1. The van der Waals surface area contributed by atoms with Crippen molar-refractivity contribution in [2.45, 2.75) is 25.7 Å². The Labute approximate surface area is 141 Å². The van der Waals surface area contributed by atoms with Gasteiger partial charge in [-0.3, -0.25) is 4.90 Å². The van der Waals surface area contributed by atoms with Crippen LogP contribution in [-0.2, 0) is 12.7 Å². The number of nitrogens with zero attached hydrogens (tertiary/aromatic N) is 5. The first-order chi connectivity index (χ1) is 11.4. The van der Waals surface area contributed by atoms with Crippen LogP contribution in [0, 0.1) is 0 Å². The number of tetrazole rings is 1. The Balaban J connectivity index is 1.96. The molecule has 130 valence electrons. The Hall–Kier alpha value is -1.71. The summed E-state index contributed by atoms with van der Waals surface area (Å²) in [6.07, 6.45) is -4.55. The van der Waals surface area contributed by atoms with E-state index in [9.17, 15) is 13.2 Å². The Morgan fingerprint density at radius 3 is 2.88 bits per heavy atom. The molecule has 0 saturated carbocycles. The minimum atomic E-state index is -4.55. The number of aromatic nitrogens is 4. The van der Waals surface area contributed by atoms with Gasteiger partial charge in [0.1, 0.15) is 0 Å². The predicted molar refractivity (Wildman–Crippen MR) is 81.9 cm³/mol. The molecule has 1 atom stereocenters. The van der Waals surface area contributed by atoms with Gasteiger partial charge in [-0.15, -0.1) is 5.10 Å². The molecule has 0 unspecified atom stereocenters. The monoisotopic (exact) mass is 360 g/mol. The Morgan fingerprint density at radius 1 is 1.38 bits per heavy atom. The van der Waals surface area contributed by atoms with Gasteiger partial charge in [-0.2, -0.15) is 17.9 Å². The molecule has 0 radical (unpaired) electrons. The van der Waals surface area contributed by atoms with Crippen molar-refractivity contribution in [2.24, 2.45) is 0 Å². The second kappa shape index (κ2) is 6.66. The highest BCUT2D eigenvalue weighted by Crippen LogP contribution is 2.35. The average molecular weight is 361 g/mol. The molecule has 1 fully saturated rings. The molecule has 0 spiro atoms. The fourth-order valence-corrected chi connectivity index (χ4v) is 2.88. The van der Waals surface area contributed by atoms with E-state index in [1.54, 1.807) is 0 Å². The molecular formula is C14H16ClF3N6. The Kier molecular flexibility index (Phi) is 4.75. The average Bonchev–Trinajstić information content (AvgIpc) is 2.97. The smallest absolute Gasteiger partial charge is 0.314 e. The molecule has 2 aromatic rings. The topological polar surface area (TPSA) is 58.9 Å². The first-order valence-corrected chi connectivity index (χ1v) is 7.83. The highest BCUT2D eigenvalue weighted by Gasteiger charge is 2.35. The van der Waals surface area contributed by atoms with Gasteiger partial charge in [0.2, 0.25) is 0 Å². The zero-order valence-electron chi connectivity index (χ0n) is 12.9. The summed E-state index contributed by atoms with van der Waals surface area (Å²) in [6, 6.07) is 3.81. The lowest BCUT2D eigenvalue weighted by Gasteiger charge is -2.33. The Morgan fingerprint density at radius 2 is 2.17 bits per heavy atom. The lowest BCUT2D eigenvalue weighted by molar-refractivity contribution is -0.137. The van der Waals surface area contributed by atoms with Crippen molar-refractivity contribution in [3.63, 3.8) is 0 Å². The molecule has 1 aromatic carbocycles. The molecule has 3 rings (SSSR count). The normalized spacial score (nSPS) is 19.6. The first kappa shape index (κ1) is 17.1. The van der Waals surface area contributed by atoms with E-state index in [1.165, 1.54) is 12.1 Å². The van der Waals surface area contributed by atoms with Crippen LogP contribution >= 0.6 is 11.6 Å². The van der Waals surface area contributed by atoms with Gasteiger partial charge in [0.05, 0.1) is 17.8 Å². The summed E-state index contributed by atoms with van der Waals surface area (Å²) in [5, 5.41) is 14.5. The summed E-state index contributed by atoms with van der Waals surface area (Å²) in [4.78, 5) is 2.13. The molecule has 1 aliphatic heterocycles. The van der Waals surface area contributed by atoms with Crippen molar-refractivity contribution < 1.29 is 13.2 Å². The van der Waals surface area contributed by atoms with E-state index < -0.39 is 11.7 Å². The van der Waals surface area contributed by atoms with Crippen molar-refractivity contribution in [2.75, 3.05) is 19.6 Å². The highest BCUT2D eigenvalue weighted by molar-refractivity contribution is 6.30. The molecule has 2 heterocycles. The SMILES string of the molecule is C[C@@H]1CNCCN1Cc1nnnn1-c1ccc(Cl)cc1C(F)(F)F. The van der Waals surface area contributed by atoms with Crippen molar-refractivity contribution in [1.82, 2.24) is 30.4 Å². The maximum atomic E-state index is 13.3. The molecular weight excluding hydrogens is 345 g/mol. The van der Waals surface area contributed by atoms with Crippen LogP contribution in [-0.4, -0.2) is 50.8 Å². The van der Waals surface area contributed by atoms with E-state index in [0.717, 1.165) is 30.4 Å². The van der Waals surface area contributed by atoms with E-state index in [4.69, 9.17) is 11.6 Å². The molecule has 10 heteroatoms. The summed E-state index contributed by atoms with van der Waals surface area (Å²) < 4.78 is 41.1. The van der Waals surface area contributed by atoms with Gasteiger partial charge >= 0.3 is 6.18 Å². The van der Waals surface area contributed by atoms with Gasteiger partial charge < -0.3 is 5.32 Å². The number of hydrogen-bond acceptors (Lipinski definition) is 5. The quantitative estimate of drug-likeness (QED) is 0.908. The van der Waals surface area contributed by atoms with Crippen LogP contribution in [0.25, 0.3) is 5.69 Å². The largest absolute Gasteiger partial charge is 0.418 e. The second-order valence-electron chi connectivity index (χ2n) is 5.69. The van der Waals surface area contributed by atoms with Crippen molar-refractivity contribution in [3.8, 4) is 5.69 Å². The van der Waals surface area contributed by atoms with Crippen LogP contribution in [0.4, 0.5) is 13.2 Å². The summed E-state index contributed by atoms with van der Waals surface area (Å²) in [5.41, 5.74) is -0.994. The number of alkyl halides is 3. The van der Waals surface area contributed by atoms with E-state index in [1.807, 2.05) is 6.92 Å². The van der Waals surface area contributed by atoms with Gasteiger partial charge in [-0.05, 0) is 35.5 Å². The number of halogens is 4. The van der Waals surface area contributed by atoms with Crippen LogP contribution in [0.1, 0.15) is 18.3 Å². The highest BCUT2D eigenvalue weighted by atomic mass is 35.5. The van der Waals surface area contributed by atoms with Crippen LogP contribution in [0.5, 0.6) is 0 Å².